The molecule has 162 valence electrons. The minimum Gasteiger partial charge on any atom is -0.294 e. The van der Waals surface area contributed by atoms with E-state index in [1.54, 1.807) is 31.6 Å². The molecule has 0 amide bonds. The zero-order valence-corrected chi connectivity index (χ0v) is 18.6. The molecule has 0 fully saturated rings. The number of ketones is 2. The first-order valence-corrected chi connectivity index (χ1v) is 11.3. The predicted octanol–water partition coefficient (Wildman–Crippen LogP) is 3.88. The molecule has 3 aromatic rings. The minimum atomic E-state index is -0.630. The molecule has 2 aromatic heterocycles. The quantitative estimate of drug-likeness (QED) is 0.229. The Morgan fingerprint density at radius 3 is 2.56 bits per heavy atom. The first-order valence-electron chi connectivity index (χ1n) is 10.1. The zero-order chi connectivity index (χ0) is 22.5. The largest absolute Gasteiger partial charge is 0.294 e. The summed E-state index contributed by atoms with van der Waals surface area (Å²) in [6.45, 7) is 0. The Kier molecular flexibility index (Phi) is 6.72. The van der Waals surface area contributed by atoms with Gasteiger partial charge in [0, 0.05) is 42.3 Å². The van der Waals surface area contributed by atoms with E-state index in [-0.39, 0.29) is 18.0 Å². The number of nitrogens with zero attached hydrogens (tertiary/aromatic N) is 3. The molecule has 0 bridgehead atoms. The summed E-state index contributed by atoms with van der Waals surface area (Å²) in [7, 11) is 1.57. The van der Waals surface area contributed by atoms with E-state index in [2.05, 4.69) is 20.4 Å². The van der Waals surface area contributed by atoms with Gasteiger partial charge in [0.05, 0.1) is 24.3 Å². The molecule has 1 aliphatic rings. The first-order chi connectivity index (χ1) is 15.6. The molecule has 1 unspecified atom stereocenters. The molecule has 0 saturated heterocycles. The summed E-state index contributed by atoms with van der Waals surface area (Å²) in [5.74, 6) is -0.927. The number of rotatable bonds is 9. The van der Waals surface area contributed by atoms with Crippen molar-refractivity contribution in [3.05, 3.63) is 89.0 Å². The van der Waals surface area contributed by atoms with Crippen molar-refractivity contribution in [2.24, 2.45) is 0 Å². The van der Waals surface area contributed by atoms with Crippen molar-refractivity contribution in [2.45, 2.75) is 23.9 Å². The number of benzene rings is 1. The van der Waals surface area contributed by atoms with Crippen molar-refractivity contribution in [2.75, 3.05) is 13.4 Å². The first kappa shape index (κ1) is 21.9. The highest BCUT2D eigenvalue weighted by Crippen LogP contribution is 2.32. The zero-order valence-electron chi connectivity index (χ0n) is 17.7. The lowest BCUT2D eigenvalue weighted by Gasteiger charge is -2.18. The Balaban J connectivity index is 1.65. The molecular weight excluding hydrogens is 424 g/mol. The smallest absolute Gasteiger partial charge is 0.187 e. The van der Waals surface area contributed by atoms with Gasteiger partial charge in [0.25, 0.3) is 0 Å². The Bertz CT molecular complexity index is 1160. The van der Waals surface area contributed by atoms with Crippen molar-refractivity contribution >= 4 is 29.0 Å². The molecule has 2 heterocycles. The average Bonchev–Trinajstić information content (AvgIpc) is 3.25. The van der Waals surface area contributed by atoms with E-state index in [0.29, 0.717) is 16.3 Å². The van der Waals surface area contributed by atoms with Crippen LogP contribution in [0.5, 0.6) is 0 Å². The second-order valence-corrected chi connectivity index (χ2v) is 8.06. The maximum Gasteiger partial charge on any atom is 0.187 e. The van der Waals surface area contributed by atoms with Gasteiger partial charge in [-0.05, 0) is 35.9 Å². The van der Waals surface area contributed by atoms with Gasteiger partial charge in [-0.15, -0.1) is 0 Å². The Morgan fingerprint density at radius 1 is 1.12 bits per heavy atom. The summed E-state index contributed by atoms with van der Waals surface area (Å²) in [4.78, 5) is 43.9. The molecule has 1 aliphatic carbocycles. The molecule has 0 radical (unpaired) electrons. The standard InChI is InChI=1S/C24H22N4O3S/c1-31-28-21-6-4-16-11-17(3-5-19(16)21)20(23(30)15-7-9-25-10-8-15)12-22(29)18-13-26-24(32-2)27-14-18/h3,5-11,13-14,20,28H,4,12H2,1-2H3. The number of fused-ring (bicyclic) bond motifs is 1. The lowest BCUT2D eigenvalue weighted by atomic mass is 9.84. The third kappa shape index (κ3) is 4.61. The van der Waals surface area contributed by atoms with Crippen LogP contribution < -0.4 is 5.48 Å². The summed E-state index contributed by atoms with van der Waals surface area (Å²) in [6, 6.07) is 9.21. The topological polar surface area (TPSA) is 94.1 Å². The van der Waals surface area contributed by atoms with Crippen LogP contribution in [0.2, 0.25) is 0 Å². The van der Waals surface area contributed by atoms with Gasteiger partial charge in [-0.1, -0.05) is 36.0 Å². The van der Waals surface area contributed by atoms with Gasteiger partial charge in [0.2, 0.25) is 0 Å². The third-order valence-corrected chi connectivity index (χ3v) is 5.94. The van der Waals surface area contributed by atoms with E-state index in [9.17, 15) is 9.59 Å². The number of nitrogens with one attached hydrogen (secondary N) is 1. The molecule has 0 aliphatic heterocycles. The molecule has 0 saturated carbocycles. The number of Topliss-reactive ketones (excluding diaryl/α,β-unsaturated/α-hetero) is 2. The second kappa shape index (κ2) is 9.84. The van der Waals surface area contributed by atoms with Gasteiger partial charge in [-0.3, -0.25) is 24.9 Å². The van der Waals surface area contributed by atoms with Crippen LogP contribution in [0.15, 0.2) is 66.4 Å². The number of hydrogen-bond acceptors (Lipinski definition) is 8. The third-order valence-electron chi connectivity index (χ3n) is 5.36. The lowest BCUT2D eigenvalue weighted by molar-refractivity contribution is 0.0893. The van der Waals surface area contributed by atoms with Gasteiger partial charge >= 0.3 is 0 Å². The number of hydrogen-bond donors (Lipinski definition) is 1. The number of carbonyl (C=O) groups excluding carboxylic acids is 2. The summed E-state index contributed by atoms with van der Waals surface area (Å²) in [6.07, 6.45) is 10.9. The van der Waals surface area contributed by atoms with Gasteiger partial charge in [-0.25, -0.2) is 9.97 Å². The molecule has 7 nitrogen and oxygen atoms in total. The van der Waals surface area contributed by atoms with Crippen molar-refractivity contribution in [1.82, 2.24) is 20.4 Å². The highest BCUT2D eigenvalue weighted by atomic mass is 32.2. The van der Waals surface area contributed by atoms with Crippen molar-refractivity contribution < 1.29 is 14.4 Å². The fourth-order valence-corrected chi connectivity index (χ4v) is 4.05. The molecule has 32 heavy (non-hydrogen) atoms. The van der Waals surface area contributed by atoms with Crippen LogP contribution in [0.25, 0.3) is 5.70 Å². The molecule has 1 aromatic carbocycles. The van der Waals surface area contributed by atoms with Gasteiger partial charge in [0.1, 0.15) is 0 Å². The van der Waals surface area contributed by atoms with Gasteiger partial charge in [-0.2, -0.15) is 0 Å². The van der Waals surface area contributed by atoms with Crippen LogP contribution in [0.4, 0.5) is 0 Å². The molecule has 8 heteroatoms. The summed E-state index contributed by atoms with van der Waals surface area (Å²) in [5, 5.41) is 0.595. The number of hydroxylamine groups is 1. The minimum absolute atomic E-state index is 0.0263. The maximum absolute atomic E-state index is 13.4. The van der Waals surface area contributed by atoms with Crippen LogP contribution in [0.1, 0.15) is 49.7 Å². The van der Waals surface area contributed by atoms with Crippen LogP contribution in [-0.4, -0.2) is 39.9 Å². The summed E-state index contributed by atoms with van der Waals surface area (Å²) < 4.78 is 0. The van der Waals surface area contributed by atoms with Crippen molar-refractivity contribution in [3.63, 3.8) is 0 Å². The average molecular weight is 447 g/mol. The Labute approximate surface area is 190 Å². The summed E-state index contributed by atoms with van der Waals surface area (Å²) in [5.41, 5.74) is 7.59. The normalized spacial score (nSPS) is 13.2. The van der Waals surface area contributed by atoms with Crippen LogP contribution >= 0.6 is 11.8 Å². The number of aromatic nitrogens is 3. The number of thioether (sulfide) groups is 1. The van der Waals surface area contributed by atoms with Crippen LogP contribution in [0, 0.1) is 0 Å². The van der Waals surface area contributed by atoms with Gasteiger partial charge < -0.3 is 0 Å². The molecule has 1 N–H and O–H groups in total. The lowest BCUT2D eigenvalue weighted by Crippen LogP contribution is -2.18. The second-order valence-electron chi connectivity index (χ2n) is 7.28. The fraction of sp³-hybridized carbons (Fsp3) is 0.208. The van der Waals surface area contributed by atoms with E-state index in [1.807, 2.05) is 30.5 Å². The van der Waals surface area contributed by atoms with E-state index in [4.69, 9.17) is 4.84 Å². The molecular formula is C24H22N4O3S. The number of allylic oxidation sites excluding steroid dienone is 1. The van der Waals surface area contributed by atoms with Gasteiger partial charge in [0.15, 0.2) is 16.7 Å². The SMILES string of the molecule is CONC1=CCc2cc(C(CC(=O)c3cnc(SC)nc3)C(=O)c3ccncc3)ccc21. The summed E-state index contributed by atoms with van der Waals surface area (Å²) >= 11 is 1.40. The van der Waals surface area contributed by atoms with E-state index < -0.39 is 5.92 Å². The highest BCUT2D eigenvalue weighted by Gasteiger charge is 2.27. The van der Waals surface area contributed by atoms with Crippen LogP contribution in [-0.2, 0) is 11.3 Å². The fourth-order valence-electron chi connectivity index (χ4n) is 3.74. The monoisotopic (exact) mass is 446 g/mol. The Morgan fingerprint density at radius 2 is 1.88 bits per heavy atom. The van der Waals surface area contributed by atoms with E-state index >= 15 is 0 Å². The van der Waals surface area contributed by atoms with E-state index in [0.717, 1.165) is 28.8 Å². The van der Waals surface area contributed by atoms with Crippen molar-refractivity contribution in [1.29, 1.82) is 0 Å². The number of pyridine rings is 1. The Hall–Kier alpha value is -3.36. The van der Waals surface area contributed by atoms with Crippen molar-refractivity contribution in [3.8, 4) is 0 Å². The molecule has 1 atom stereocenters. The van der Waals surface area contributed by atoms with Crippen LogP contribution in [0.3, 0.4) is 0 Å². The molecule has 4 rings (SSSR count). The predicted molar refractivity (Wildman–Crippen MR) is 122 cm³/mol. The number of carbonyl (C=O) groups is 2. The highest BCUT2D eigenvalue weighted by molar-refractivity contribution is 7.98. The van der Waals surface area contributed by atoms with E-state index in [1.165, 1.54) is 24.2 Å². The molecule has 0 spiro atoms. The maximum atomic E-state index is 13.4.